The predicted octanol–water partition coefficient (Wildman–Crippen LogP) is 1.40. The molecule has 6 nitrogen and oxygen atoms in total. The molecule has 2 rings (SSSR count). The molecule has 0 spiro atoms. The molecule has 0 bridgehead atoms. The van der Waals surface area contributed by atoms with E-state index in [0.29, 0.717) is 11.3 Å². The number of benzene rings is 1. The number of aromatic nitrogens is 2. The number of hydrogen-bond acceptors (Lipinski definition) is 4. The van der Waals surface area contributed by atoms with Crippen molar-refractivity contribution in [3.63, 3.8) is 0 Å². The van der Waals surface area contributed by atoms with Gasteiger partial charge in [0.25, 0.3) is 0 Å². The van der Waals surface area contributed by atoms with Crippen molar-refractivity contribution in [2.45, 2.75) is 32.2 Å². The Hall–Kier alpha value is -1.86. The van der Waals surface area contributed by atoms with Gasteiger partial charge in [0.05, 0.1) is 11.9 Å². The number of nitrogens with two attached hydrogens (primary N) is 1. The number of anilines is 1. The molecule has 0 amide bonds. The summed E-state index contributed by atoms with van der Waals surface area (Å²) in [6.07, 6.45) is 1.60. The van der Waals surface area contributed by atoms with Crippen molar-refractivity contribution >= 4 is 15.7 Å². The second-order valence-corrected chi connectivity index (χ2v) is 6.49. The number of rotatable bonds is 4. The summed E-state index contributed by atoms with van der Waals surface area (Å²) in [5.41, 5.74) is 9.22. The van der Waals surface area contributed by atoms with E-state index in [1.54, 1.807) is 26.1 Å². The molecule has 0 fully saturated rings. The van der Waals surface area contributed by atoms with Crippen LogP contribution in [-0.2, 0) is 16.6 Å². The topological polar surface area (TPSA) is 101 Å². The van der Waals surface area contributed by atoms with Gasteiger partial charge in [-0.15, -0.1) is 0 Å². The molecule has 0 saturated carbocycles. The predicted molar refractivity (Wildman–Crippen MR) is 77.7 cm³/mol. The van der Waals surface area contributed by atoms with Crippen LogP contribution in [0.4, 0.5) is 5.69 Å². The van der Waals surface area contributed by atoms with E-state index < -0.39 is 10.0 Å². The molecule has 0 unspecified atom stereocenters. The Morgan fingerprint density at radius 3 is 2.50 bits per heavy atom. The van der Waals surface area contributed by atoms with Crippen molar-refractivity contribution in [1.82, 2.24) is 14.9 Å². The van der Waals surface area contributed by atoms with Crippen LogP contribution in [0.15, 0.2) is 23.2 Å². The van der Waals surface area contributed by atoms with Gasteiger partial charge in [-0.2, -0.15) is 5.10 Å². The Morgan fingerprint density at radius 2 is 1.90 bits per heavy atom. The van der Waals surface area contributed by atoms with E-state index in [9.17, 15) is 8.42 Å². The fourth-order valence-corrected chi connectivity index (χ4v) is 3.39. The second-order valence-electron chi connectivity index (χ2n) is 4.79. The third kappa shape index (κ3) is 2.68. The lowest BCUT2D eigenvalue weighted by molar-refractivity contribution is 0.581. The fraction of sp³-hybridized carbons (Fsp3) is 0.308. The van der Waals surface area contributed by atoms with Gasteiger partial charge in [-0.1, -0.05) is 12.1 Å². The summed E-state index contributed by atoms with van der Waals surface area (Å²) >= 11 is 0. The zero-order valence-electron chi connectivity index (χ0n) is 11.7. The van der Waals surface area contributed by atoms with Crippen molar-refractivity contribution < 1.29 is 8.42 Å². The summed E-state index contributed by atoms with van der Waals surface area (Å²) < 4.78 is 27.4. The summed E-state index contributed by atoms with van der Waals surface area (Å²) in [6.45, 7) is 5.53. The second kappa shape index (κ2) is 5.26. The molecule has 7 heteroatoms. The first-order valence-electron chi connectivity index (χ1n) is 6.17. The summed E-state index contributed by atoms with van der Waals surface area (Å²) in [4.78, 5) is 0.152. The molecule has 0 saturated heterocycles. The third-order valence-corrected chi connectivity index (χ3v) is 4.87. The molecule has 0 atom stereocenters. The van der Waals surface area contributed by atoms with E-state index in [1.165, 1.54) is 0 Å². The maximum absolute atomic E-state index is 12.4. The summed E-state index contributed by atoms with van der Waals surface area (Å²) in [5, 5.41) is 6.63. The van der Waals surface area contributed by atoms with Gasteiger partial charge in [-0.05, 0) is 31.9 Å². The number of nitrogen functional groups attached to an aromatic ring is 1. The van der Waals surface area contributed by atoms with Crippen molar-refractivity contribution in [3.8, 4) is 0 Å². The van der Waals surface area contributed by atoms with Crippen LogP contribution in [0.5, 0.6) is 0 Å². The lowest BCUT2D eigenvalue weighted by Crippen LogP contribution is -2.25. The molecule has 1 aromatic heterocycles. The van der Waals surface area contributed by atoms with Crippen molar-refractivity contribution in [3.05, 3.63) is 40.7 Å². The zero-order chi connectivity index (χ0) is 14.9. The highest BCUT2D eigenvalue weighted by atomic mass is 32.2. The normalized spacial score (nSPS) is 11.8. The third-order valence-electron chi connectivity index (χ3n) is 3.27. The van der Waals surface area contributed by atoms with E-state index in [1.807, 2.05) is 13.0 Å². The first-order chi connectivity index (χ1) is 9.33. The lowest BCUT2D eigenvalue weighted by atomic mass is 10.1. The molecule has 1 aromatic carbocycles. The molecule has 4 N–H and O–H groups in total. The van der Waals surface area contributed by atoms with Crippen LogP contribution >= 0.6 is 0 Å². The molecule has 0 aliphatic carbocycles. The number of nitrogens with zero attached hydrogens (tertiary/aromatic N) is 1. The summed E-state index contributed by atoms with van der Waals surface area (Å²) in [5.74, 6) is 0. The molecule has 108 valence electrons. The van der Waals surface area contributed by atoms with E-state index in [2.05, 4.69) is 14.9 Å². The van der Waals surface area contributed by atoms with E-state index in [-0.39, 0.29) is 11.4 Å². The van der Waals surface area contributed by atoms with Crippen molar-refractivity contribution in [2.75, 3.05) is 5.73 Å². The molecule has 0 radical (unpaired) electrons. The van der Waals surface area contributed by atoms with Gasteiger partial charge >= 0.3 is 0 Å². The highest BCUT2D eigenvalue weighted by Gasteiger charge is 2.21. The maximum atomic E-state index is 12.4. The standard InChI is InChI=1S/C13H18N4O2S/c1-8-4-5-9(2)13(12(8)14)20(18,19)16-7-11-6-15-17-10(11)3/h4-6,16H,7,14H2,1-3H3,(H,15,17). The molecule has 2 aromatic rings. The quantitative estimate of drug-likeness (QED) is 0.742. The minimum absolute atomic E-state index is 0.152. The highest BCUT2D eigenvalue weighted by Crippen LogP contribution is 2.25. The van der Waals surface area contributed by atoms with Crippen LogP contribution in [0.25, 0.3) is 0 Å². The smallest absolute Gasteiger partial charge is 0.243 e. The first-order valence-corrected chi connectivity index (χ1v) is 7.65. The molecular weight excluding hydrogens is 276 g/mol. The number of hydrogen-bond donors (Lipinski definition) is 3. The van der Waals surface area contributed by atoms with Gasteiger partial charge in [-0.25, -0.2) is 13.1 Å². The average Bonchev–Trinajstić information content (AvgIpc) is 2.77. The lowest BCUT2D eigenvalue weighted by Gasteiger charge is -2.13. The van der Waals surface area contributed by atoms with Crippen LogP contribution in [-0.4, -0.2) is 18.6 Å². The first kappa shape index (κ1) is 14.5. The van der Waals surface area contributed by atoms with Gasteiger partial charge in [0, 0.05) is 17.8 Å². The molecular formula is C13H18N4O2S. The van der Waals surface area contributed by atoms with Crippen molar-refractivity contribution in [1.29, 1.82) is 0 Å². The van der Waals surface area contributed by atoms with E-state index in [4.69, 9.17) is 5.73 Å². The SMILES string of the molecule is Cc1ccc(C)c(S(=O)(=O)NCc2cn[nH]c2C)c1N. The Kier molecular flexibility index (Phi) is 3.82. The highest BCUT2D eigenvalue weighted by molar-refractivity contribution is 7.89. The van der Waals surface area contributed by atoms with Crippen LogP contribution in [0, 0.1) is 20.8 Å². The van der Waals surface area contributed by atoms with Crippen LogP contribution in [0.1, 0.15) is 22.4 Å². The van der Waals surface area contributed by atoms with E-state index >= 15 is 0 Å². The van der Waals surface area contributed by atoms with Gasteiger partial charge in [0.15, 0.2) is 0 Å². The number of sulfonamides is 1. The van der Waals surface area contributed by atoms with Crippen molar-refractivity contribution in [2.24, 2.45) is 0 Å². The van der Waals surface area contributed by atoms with Gasteiger partial charge < -0.3 is 5.73 Å². The van der Waals surface area contributed by atoms with Gasteiger partial charge in [0.2, 0.25) is 10.0 Å². The number of nitrogens with one attached hydrogen (secondary N) is 2. The van der Waals surface area contributed by atoms with Gasteiger partial charge in [-0.3, -0.25) is 5.10 Å². The largest absolute Gasteiger partial charge is 0.397 e. The Morgan fingerprint density at radius 1 is 1.25 bits per heavy atom. The molecule has 0 aliphatic rings. The van der Waals surface area contributed by atoms with E-state index in [0.717, 1.165) is 16.8 Å². The Balaban J connectivity index is 2.32. The zero-order valence-corrected chi connectivity index (χ0v) is 12.5. The maximum Gasteiger partial charge on any atom is 0.243 e. The Bertz CT molecular complexity index is 735. The number of aromatic amines is 1. The average molecular weight is 294 g/mol. The van der Waals surface area contributed by atoms with Crippen LogP contribution in [0.3, 0.4) is 0 Å². The van der Waals surface area contributed by atoms with Crippen LogP contribution < -0.4 is 10.5 Å². The minimum Gasteiger partial charge on any atom is -0.397 e. The Labute approximate surface area is 118 Å². The minimum atomic E-state index is -3.65. The summed E-state index contributed by atoms with van der Waals surface area (Å²) in [6, 6.07) is 3.56. The molecule has 0 aliphatic heterocycles. The number of aryl methyl sites for hydroxylation is 3. The molecule has 20 heavy (non-hydrogen) atoms. The fourth-order valence-electron chi connectivity index (χ4n) is 1.96. The van der Waals surface area contributed by atoms with Gasteiger partial charge in [0.1, 0.15) is 4.90 Å². The molecule has 1 heterocycles. The monoisotopic (exact) mass is 294 g/mol. The number of H-pyrrole nitrogens is 1. The van der Waals surface area contributed by atoms with Crippen LogP contribution in [0.2, 0.25) is 0 Å². The summed E-state index contributed by atoms with van der Waals surface area (Å²) in [7, 11) is -3.65.